The summed E-state index contributed by atoms with van der Waals surface area (Å²) in [6.45, 7) is 6.67. The van der Waals surface area contributed by atoms with Crippen LogP contribution in [0.1, 0.15) is 32.0 Å². The average Bonchev–Trinajstić information content (AvgIpc) is 3.23. The van der Waals surface area contributed by atoms with Crippen molar-refractivity contribution in [2.45, 2.75) is 32.3 Å². The standard InChI is InChI=1S/C23H29F2N7O/c1-15-14-31(10-11-33-15)23-29-19(27-13-16-6-8-26-9-7-16)12-20(30-23)32-18-5-3-2-4-17(18)28-22(32)21(24)25/h2-5,12,15-16,21,26H,6-11,13-14H2,1H3,(H,27,29,30). The first kappa shape index (κ1) is 22.0. The van der Waals surface area contributed by atoms with Gasteiger partial charge in [0.1, 0.15) is 11.6 Å². The van der Waals surface area contributed by atoms with E-state index in [1.54, 1.807) is 24.3 Å². The monoisotopic (exact) mass is 457 g/mol. The molecule has 5 rings (SSSR count). The summed E-state index contributed by atoms with van der Waals surface area (Å²) >= 11 is 0. The second-order valence-electron chi connectivity index (χ2n) is 8.71. The number of hydrogen-bond donors (Lipinski definition) is 2. The summed E-state index contributed by atoms with van der Waals surface area (Å²) in [5.74, 6) is 1.75. The minimum atomic E-state index is -2.73. The highest BCUT2D eigenvalue weighted by atomic mass is 19.3. The van der Waals surface area contributed by atoms with E-state index in [1.165, 1.54) is 4.57 Å². The summed E-state index contributed by atoms with van der Waals surface area (Å²) in [5, 5.41) is 6.82. The van der Waals surface area contributed by atoms with E-state index in [-0.39, 0.29) is 11.9 Å². The molecule has 0 aliphatic carbocycles. The lowest BCUT2D eigenvalue weighted by atomic mass is 9.98. The van der Waals surface area contributed by atoms with E-state index >= 15 is 0 Å². The van der Waals surface area contributed by atoms with Gasteiger partial charge in [-0.05, 0) is 50.9 Å². The van der Waals surface area contributed by atoms with Crippen molar-refractivity contribution in [3.63, 3.8) is 0 Å². The zero-order chi connectivity index (χ0) is 22.8. The van der Waals surface area contributed by atoms with Crippen molar-refractivity contribution in [3.05, 3.63) is 36.2 Å². The Morgan fingerprint density at radius 3 is 2.79 bits per heavy atom. The van der Waals surface area contributed by atoms with Gasteiger partial charge in [-0.3, -0.25) is 4.57 Å². The first-order valence-corrected chi connectivity index (χ1v) is 11.5. The Labute approximate surface area is 191 Å². The van der Waals surface area contributed by atoms with Crippen LogP contribution < -0.4 is 15.5 Å². The maximum Gasteiger partial charge on any atom is 0.296 e. The molecule has 10 heteroatoms. The van der Waals surface area contributed by atoms with Crippen LogP contribution in [0.3, 0.4) is 0 Å². The number of imidazole rings is 1. The van der Waals surface area contributed by atoms with Crippen molar-refractivity contribution >= 4 is 22.8 Å². The van der Waals surface area contributed by atoms with Crippen LogP contribution in [0.25, 0.3) is 16.9 Å². The van der Waals surface area contributed by atoms with Crippen LogP contribution in [0.15, 0.2) is 30.3 Å². The number of rotatable bonds is 6. The fourth-order valence-electron chi connectivity index (χ4n) is 4.54. The van der Waals surface area contributed by atoms with E-state index in [2.05, 4.69) is 20.5 Å². The molecule has 1 unspecified atom stereocenters. The second-order valence-corrected chi connectivity index (χ2v) is 8.71. The molecular formula is C23H29F2N7O. The van der Waals surface area contributed by atoms with Gasteiger partial charge in [-0.2, -0.15) is 9.97 Å². The van der Waals surface area contributed by atoms with Gasteiger partial charge in [-0.25, -0.2) is 13.8 Å². The summed E-state index contributed by atoms with van der Waals surface area (Å²) in [6, 6.07) is 8.88. The zero-order valence-electron chi connectivity index (χ0n) is 18.7. The molecule has 0 bridgehead atoms. The first-order valence-electron chi connectivity index (χ1n) is 11.5. The van der Waals surface area contributed by atoms with Crippen LogP contribution in [0.5, 0.6) is 0 Å². The number of benzene rings is 1. The fraction of sp³-hybridized carbons (Fsp3) is 0.522. The summed E-state index contributed by atoms with van der Waals surface area (Å²) in [7, 11) is 0. The topological polar surface area (TPSA) is 80.1 Å². The Kier molecular flexibility index (Phi) is 6.37. The number of morpholine rings is 1. The van der Waals surface area contributed by atoms with Crippen molar-refractivity contribution < 1.29 is 13.5 Å². The molecule has 8 nitrogen and oxygen atoms in total. The first-order chi connectivity index (χ1) is 16.1. The number of halogens is 2. The van der Waals surface area contributed by atoms with Crippen LogP contribution in [-0.2, 0) is 4.74 Å². The SMILES string of the molecule is CC1CN(c2nc(NCC3CCNCC3)cc(-n3c(C(F)F)nc4ccccc43)n2)CCO1. The number of anilines is 2. The van der Waals surface area contributed by atoms with Gasteiger partial charge in [-0.15, -0.1) is 0 Å². The van der Waals surface area contributed by atoms with Crippen LogP contribution in [0.2, 0.25) is 0 Å². The predicted molar refractivity (Wildman–Crippen MR) is 123 cm³/mol. The molecule has 1 aromatic carbocycles. The molecule has 3 aromatic rings. The van der Waals surface area contributed by atoms with E-state index in [0.29, 0.717) is 54.2 Å². The molecular weight excluding hydrogens is 428 g/mol. The molecule has 176 valence electrons. The Balaban J connectivity index is 1.55. The molecule has 0 amide bonds. The van der Waals surface area contributed by atoms with Gasteiger partial charge in [0.2, 0.25) is 5.95 Å². The Bertz CT molecular complexity index is 1100. The van der Waals surface area contributed by atoms with E-state index in [0.717, 1.165) is 32.5 Å². The minimum absolute atomic E-state index is 0.0443. The highest BCUT2D eigenvalue weighted by Crippen LogP contribution is 2.29. The quantitative estimate of drug-likeness (QED) is 0.587. The number of aromatic nitrogens is 4. The molecule has 0 spiro atoms. The van der Waals surface area contributed by atoms with Gasteiger partial charge in [0.05, 0.1) is 23.7 Å². The summed E-state index contributed by atoms with van der Waals surface area (Å²) in [4.78, 5) is 15.7. The van der Waals surface area contributed by atoms with E-state index in [1.807, 2.05) is 13.0 Å². The van der Waals surface area contributed by atoms with Gasteiger partial charge >= 0.3 is 0 Å². The Hall–Kier alpha value is -2.85. The Morgan fingerprint density at radius 1 is 1.18 bits per heavy atom. The largest absolute Gasteiger partial charge is 0.375 e. The number of para-hydroxylation sites is 2. The number of alkyl halides is 2. The van der Waals surface area contributed by atoms with Gasteiger partial charge in [-0.1, -0.05) is 12.1 Å². The lowest BCUT2D eigenvalue weighted by Crippen LogP contribution is -2.42. The second kappa shape index (κ2) is 9.56. The van der Waals surface area contributed by atoms with E-state index in [9.17, 15) is 8.78 Å². The van der Waals surface area contributed by atoms with Gasteiger partial charge in [0.25, 0.3) is 6.43 Å². The predicted octanol–water partition coefficient (Wildman–Crippen LogP) is 3.39. The molecule has 0 radical (unpaired) electrons. The van der Waals surface area contributed by atoms with Crippen LogP contribution in [-0.4, -0.2) is 65.0 Å². The van der Waals surface area contributed by atoms with Crippen molar-refractivity contribution in [1.82, 2.24) is 24.8 Å². The molecule has 2 aliphatic rings. The number of nitrogens with zero attached hydrogens (tertiary/aromatic N) is 5. The van der Waals surface area contributed by atoms with E-state index in [4.69, 9.17) is 14.7 Å². The van der Waals surface area contributed by atoms with Gasteiger partial charge in [0, 0.05) is 25.7 Å². The summed E-state index contributed by atoms with van der Waals surface area (Å²) < 4.78 is 35.1. The molecule has 1 atom stereocenters. The van der Waals surface area contributed by atoms with Crippen LogP contribution >= 0.6 is 0 Å². The maximum atomic E-state index is 14.0. The lowest BCUT2D eigenvalue weighted by molar-refractivity contribution is 0.0526. The van der Waals surface area contributed by atoms with Crippen molar-refractivity contribution in [3.8, 4) is 5.82 Å². The van der Waals surface area contributed by atoms with Crippen molar-refractivity contribution in [2.24, 2.45) is 5.92 Å². The fourth-order valence-corrected chi connectivity index (χ4v) is 4.54. The average molecular weight is 458 g/mol. The molecule has 2 aromatic heterocycles. The lowest BCUT2D eigenvalue weighted by Gasteiger charge is -2.31. The van der Waals surface area contributed by atoms with Crippen molar-refractivity contribution in [1.29, 1.82) is 0 Å². The van der Waals surface area contributed by atoms with Crippen LogP contribution in [0.4, 0.5) is 20.5 Å². The number of piperidine rings is 1. The third kappa shape index (κ3) is 4.77. The molecule has 4 heterocycles. The molecule has 0 saturated carbocycles. The Morgan fingerprint density at radius 2 is 2.00 bits per heavy atom. The molecule has 2 N–H and O–H groups in total. The van der Waals surface area contributed by atoms with Crippen molar-refractivity contribution in [2.75, 3.05) is 49.5 Å². The number of nitrogens with one attached hydrogen (secondary N) is 2. The highest BCUT2D eigenvalue weighted by Gasteiger charge is 2.25. The highest BCUT2D eigenvalue weighted by molar-refractivity contribution is 5.78. The number of hydrogen-bond acceptors (Lipinski definition) is 7. The number of fused-ring (bicyclic) bond motifs is 1. The van der Waals surface area contributed by atoms with Crippen LogP contribution in [0, 0.1) is 5.92 Å². The normalized spacial score (nSPS) is 20.0. The third-order valence-electron chi connectivity index (χ3n) is 6.27. The minimum Gasteiger partial charge on any atom is -0.375 e. The van der Waals surface area contributed by atoms with Gasteiger partial charge < -0.3 is 20.3 Å². The maximum absolute atomic E-state index is 14.0. The van der Waals surface area contributed by atoms with E-state index < -0.39 is 6.43 Å². The molecule has 2 aliphatic heterocycles. The molecule has 33 heavy (non-hydrogen) atoms. The molecule has 2 saturated heterocycles. The zero-order valence-corrected chi connectivity index (χ0v) is 18.7. The summed E-state index contributed by atoms with van der Waals surface area (Å²) in [5.41, 5.74) is 1.11. The van der Waals surface area contributed by atoms with Gasteiger partial charge in [0.15, 0.2) is 5.82 Å². The summed E-state index contributed by atoms with van der Waals surface area (Å²) in [6.07, 6.45) is -0.491. The third-order valence-corrected chi connectivity index (χ3v) is 6.27. The smallest absolute Gasteiger partial charge is 0.296 e. The molecule has 2 fully saturated rings. The number of ether oxygens (including phenoxy) is 1.